The van der Waals surface area contributed by atoms with Gasteiger partial charge in [-0.2, -0.15) is 0 Å². The van der Waals surface area contributed by atoms with E-state index >= 15 is 0 Å². The Morgan fingerprint density at radius 2 is 2.83 bits per heavy atom. The molecule has 0 fully saturated rings. The molecule has 0 amide bonds. The normalized spacial score (nSPS) is 30.5. The number of hydrogen-bond acceptors (Lipinski definition) is 2. The van der Waals surface area contributed by atoms with Crippen LogP contribution in [0.5, 0.6) is 0 Å². The van der Waals surface area contributed by atoms with Gasteiger partial charge in [-0.3, -0.25) is 0 Å². The fourth-order valence-electron chi connectivity index (χ4n) is 0.203. The molecule has 0 bridgehead atoms. The van der Waals surface area contributed by atoms with E-state index in [1.54, 1.807) is 0 Å². The topological polar surface area (TPSA) is 21.6 Å². The second-order valence-corrected chi connectivity index (χ2v) is 1.65. The average molecular weight is 148 g/mol. The van der Waals surface area contributed by atoms with Crippen LogP contribution in [0.4, 0.5) is 0 Å². The number of alkyl halides is 1. The standard InChI is InChI=1S/C3H2BrNO/c4-3-1-5-2-6-3/h2-3H. The Bertz CT molecular complexity index is 65.2. The highest BCUT2D eigenvalue weighted by molar-refractivity contribution is 9.09. The Balaban J connectivity index is 2.32. The third-order valence-corrected chi connectivity index (χ3v) is 0.830. The Kier molecular flexibility index (Phi) is 1.10. The van der Waals surface area contributed by atoms with E-state index in [1.165, 1.54) is 6.40 Å². The second kappa shape index (κ2) is 1.60. The predicted octanol–water partition coefficient (Wildman–Crippen LogP) is 0.805. The van der Waals surface area contributed by atoms with Gasteiger partial charge in [0, 0.05) is 0 Å². The van der Waals surface area contributed by atoms with E-state index in [9.17, 15) is 0 Å². The van der Waals surface area contributed by atoms with Crippen molar-refractivity contribution in [1.29, 1.82) is 0 Å². The predicted molar refractivity (Wildman–Crippen MR) is 25.5 cm³/mol. The highest BCUT2D eigenvalue weighted by atomic mass is 79.9. The van der Waals surface area contributed by atoms with Crippen LogP contribution < -0.4 is 0 Å². The number of hydrogen-bond donors (Lipinski definition) is 0. The molecule has 0 spiro atoms. The van der Waals surface area contributed by atoms with Gasteiger partial charge >= 0.3 is 0 Å². The van der Waals surface area contributed by atoms with Gasteiger partial charge in [-0.05, 0) is 15.9 Å². The Morgan fingerprint density at radius 3 is 3.00 bits per heavy atom. The molecule has 2 radical (unpaired) electrons. The maximum Gasteiger partial charge on any atom is 0.184 e. The first kappa shape index (κ1) is 4.12. The summed E-state index contributed by atoms with van der Waals surface area (Å²) in [4.78, 5) is 3.52. The molecule has 0 aromatic heterocycles. The molecule has 1 aliphatic heterocycles. The van der Waals surface area contributed by atoms with Gasteiger partial charge in [-0.1, -0.05) is 0 Å². The first-order valence-electron chi connectivity index (χ1n) is 1.46. The van der Waals surface area contributed by atoms with Crippen LogP contribution in [0.15, 0.2) is 4.99 Å². The molecule has 1 rings (SSSR count). The van der Waals surface area contributed by atoms with Gasteiger partial charge in [0.1, 0.15) is 0 Å². The average Bonchev–Trinajstić information content (AvgIpc) is 1.86. The molecule has 0 N–H and O–H groups in total. The third-order valence-electron chi connectivity index (χ3n) is 0.409. The van der Waals surface area contributed by atoms with Gasteiger partial charge in [-0.15, -0.1) is 0 Å². The highest BCUT2D eigenvalue weighted by Gasteiger charge is 2.06. The molecule has 0 aliphatic carbocycles. The van der Waals surface area contributed by atoms with Crippen molar-refractivity contribution in [2.24, 2.45) is 4.99 Å². The molecular weight excluding hydrogens is 146 g/mol. The summed E-state index contributed by atoms with van der Waals surface area (Å²) in [6.07, 6.45) is 1.35. The van der Waals surface area contributed by atoms with Gasteiger partial charge in [-0.25, -0.2) is 4.99 Å². The zero-order chi connectivity index (χ0) is 4.41. The van der Waals surface area contributed by atoms with Crippen LogP contribution in [-0.2, 0) is 4.74 Å². The van der Waals surface area contributed by atoms with Crippen molar-refractivity contribution in [3.05, 3.63) is 6.54 Å². The van der Waals surface area contributed by atoms with Crippen molar-refractivity contribution in [3.63, 3.8) is 0 Å². The summed E-state index contributed by atoms with van der Waals surface area (Å²) < 4.78 is 4.67. The first-order chi connectivity index (χ1) is 2.89. The molecule has 2 nitrogen and oxygen atoms in total. The van der Waals surface area contributed by atoms with Crippen LogP contribution in [0.3, 0.4) is 0 Å². The number of ether oxygens (including phenoxy) is 1. The van der Waals surface area contributed by atoms with E-state index < -0.39 is 0 Å². The lowest BCUT2D eigenvalue weighted by Gasteiger charge is -1.90. The fourth-order valence-corrected chi connectivity index (χ4v) is 0.418. The fraction of sp³-hybridized carbons (Fsp3) is 0.333. The zero-order valence-electron chi connectivity index (χ0n) is 2.89. The summed E-state index contributed by atoms with van der Waals surface area (Å²) in [7, 11) is 0. The van der Waals surface area contributed by atoms with E-state index in [0.717, 1.165) is 0 Å². The third kappa shape index (κ3) is 0.712. The van der Waals surface area contributed by atoms with Crippen LogP contribution in [-0.4, -0.2) is 11.4 Å². The highest BCUT2D eigenvalue weighted by Crippen LogP contribution is 2.08. The maximum atomic E-state index is 4.67. The van der Waals surface area contributed by atoms with E-state index in [0.29, 0.717) is 0 Å². The largest absolute Gasteiger partial charge is 0.466 e. The Morgan fingerprint density at radius 1 is 2.00 bits per heavy atom. The van der Waals surface area contributed by atoms with Crippen LogP contribution in [0.25, 0.3) is 0 Å². The van der Waals surface area contributed by atoms with E-state index in [-0.39, 0.29) is 5.01 Å². The summed E-state index contributed by atoms with van der Waals surface area (Å²) >= 11 is 3.08. The molecule has 3 heteroatoms. The molecule has 32 valence electrons. The van der Waals surface area contributed by atoms with Crippen molar-refractivity contribution < 1.29 is 4.74 Å². The van der Waals surface area contributed by atoms with Crippen molar-refractivity contribution in [2.45, 2.75) is 5.01 Å². The molecular formula is C3H2BrNO. The minimum Gasteiger partial charge on any atom is -0.466 e. The van der Waals surface area contributed by atoms with Crippen molar-refractivity contribution >= 4 is 22.3 Å². The second-order valence-electron chi connectivity index (χ2n) is 0.816. The molecule has 0 aromatic rings. The van der Waals surface area contributed by atoms with Crippen molar-refractivity contribution in [3.8, 4) is 0 Å². The molecule has 0 saturated carbocycles. The van der Waals surface area contributed by atoms with Crippen LogP contribution in [0, 0.1) is 6.54 Å². The molecule has 6 heavy (non-hydrogen) atoms. The van der Waals surface area contributed by atoms with E-state index in [1.807, 2.05) is 0 Å². The lowest BCUT2D eigenvalue weighted by Crippen LogP contribution is -1.91. The van der Waals surface area contributed by atoms with Crippen LogP contribution >= 0.6 is 15.9 Å². The summed E-state index contributed by atoms with van der Waals surface area (Å²) in [5, 5.41) is -0.113. The number of halogens is 1. The summed E-state index contributed by atoms with van der Waals surface area (Å²) in [6, 6.07) is 0. The van der Waals surface area contributed by atoms with E-state index in [4.69, 9.17) is 0 Å². The molecule has 0 saturated heterocycles. The van der Waals surface area contributed by atoms with Crippen molar-refractivity contribution in [1.82, 2.24) is 0 Å². The van der Waals surface area contributed by atoms with Gasteiger partial charge in [0.25, 0.3) is 0 Å². The summed E-state index contributed by atoms with van der Waals surface area (Å²) in [6.45, 7) is 2.58. The molecule has 0 aromatic carbocycles. The monoisotopic (exact) mass is 147 g/mol. The molecule has 1 atom stereocenters. The summed E-state index contributed by atoms with van der Waals surface area (Å²) in [5.74, 6) is 0. The smallest absolute Gasteiger partial charge is 0.184 e. The number of aliphatic imine (C=N–C) groups is 1. The first-order valence-corrected chi connectivity index (χ1v) is 2.38. The van der Waals surface area contributed by atoms with Gasteiger partial charge in [0.2, 0.25) is 0 Å². The molecule has 1 heterocycles. The van der Waals surface area contributed by atoms with Gasteiger partial charge in [0.15, 0.2) is 18.0 Å². The van der Waals surface area contributed by atoms with Gasteiger partial charge < -0.3 is 4.74 Å². The lowest BCUT2D eigenvalue weighted by atomic mass is 10.8. The lowest BCUT2D eigenvalue weighted by molar-refractivity contribution is 0.349. The van der Waals surface area contributed by atoms with Crippen molar-refractivity contribution in [2.75, 3.05) is 0 Å². The minimum atomic E-state index is -0.113. The number of rotatable bonds is 0. The van der Waals surface area contributed by atoms with Gasteiger partial charge in [0.05, 0.1) is 0 Å². The number of nitrogens with zero attached hydrogens (tertiary/aromatic N) is 1. The van der Waals surface area contributed by atoms with Crippen LogP contribution in [0.1, 0.15) is 0 Å². The molecule has 1 aliphatic rings. The SMILES string of the molecule is BrC1[C]N=CO1. The quantitative estimate of drug-likeness (QED) is 0.465. The maximum absolute atomic E-state index is 4.67. The zero-order valence-corrected chi connectivity index (χ0v) is 4.47. The minimum absolute atomic E-state index is 0.113. The van der Waals surface area contributed by atoms with Crippen LogP contribution in [0.2, 0.25) is 0 Å². The molecule has 1 unspecified atom stereocenters. The van der Waals surface area contributed by atoms with E-state index in [2.05, 4.69) is 32.2 Å². The Labute approximate surface area is 44.3 Å². The Hall–Kier alpha value is -0.0500. The summed E-state index contributed by atoms with van der Waals surface area (Å²) in [5.41, 5.74) is 0.